The first-order chi connectivity index (χ1) is 21.3. The first-order valence-corrected chi connectivity index (χ1v) is 14.1. The molecule has 2 heterocycles. The van der Waals surface area contributed by atoms with Crippen LogP contribution in [-0.2, 0) is 27.4 Å². The van der Waals surface area contributed by atoms with Crippen molar-refractivity contribution in [1.82, 2.24) is 30.2 Å². The van der Waals surface area contributed by atoms with Crippen LogP contribution in [0.15, 0.2) is 48.5 Å². The van der Waals surface area contributed by atoms with E-state index in [1.165, 1.54) is 0 Å². The first kappa shape index (κ1) is 31.8. The molecule has 0 radical (unpaired) electrons. The highest BCUT2D eigenvalue weighted by Crippen LogP contribution is 2.30. The van der Waals surface area contributed by atoms with Gasteiger partial charge in [0, 0.05) is 18.5 Å². The second kappa shape index (κ2) is 15.4. The number of esters is 1. The number of nitrogens with zero attached hydrogens (tertiary/aromatic N) is 7. The number of halogens is 1. The van der Waals surface area contributed by atoms with Crippen molar-refractivity contribution in [2.45, 2.75) is 51.7 Å². The Morgan fingerprint density at radius 3 is 2.48 bits per heavy atom. The van der Waals surface area contributed by atoms with Crippen molar-refractivity contribution in [2.24, 2.45) is 0 Å². The van der Waals surface area contributed by atoms with Gasteiger partial charge in [-0.05, 0) is 41.2 Å². The third-order valence-corrected chi connectivity index (χ3v) is 6.84. The number of imidazole rings is 1. The van der Waals surface area contributed by atoms with E-state index in [0.717, 1.165) is 35.1 Å². The predicted molar refractivity (Wildman–Crippen MR) is 154 cm³/mol. The van der Waals surface area contributed by atoms with Crippen molar-refractivity contribution in [3.05, 3.63) is 91.0 Å². The third-order valence-electron chi connectivity index (χ3n) is 6.57. The summed E-state index contributed by atoms with van der Waals surface area (Å²) in [7, 11) is 0. The molecular formula is C27H29ClN8O8. The minimum Gasteiger partial charge on any atom is -0.461 e. The second-order valence-electron chi connectivity index (χ2n) is 9.58. The lowest BCUT2D eigenvalue weighted by molar-refractivity contribution is -0.790. The number of carbonyl (C=O) groups excluding carboxylic acids is 1. The largest absolute Gasteiger partial charge is 0.461 e. The summed E-state index contributed by atoms with van der Waals surface area (Å²) in [6, 6.07) is 15.5. The van der Waals surface area contributed by atoms with Gasteiger partial charge in [0.15, 0.2) is 10.8 Å². The summed E-state index contributed by atoms with van der Waals surface area (Å²) in [6.45, 7) is 1.56. The number of aromatic nitrogens is 6. The predicted octanol–water partition coefficient (Wildman–Crippen LogP) is 4.50. The number of H-pyrrole nitrogens is 1. The Labute approximate surface area is 255 Å². The molecule has 1 atom stereocenters. The lowest BCUT2D eigenvalue weighted by Gasteiger charge is -2.14. The van der Waals surface area contributed by atoms with Crippen LogP contribution in [-0.4, -0.2) is 65.6 Å². The zero-order valence-electron chi connectivity index (χ0n) is 23.6. The van der Waals surface area contributed by atoms with Gasteiger partial charge in [-0.3, -0.25) is 0 Å². The number of hydrogen-bond donors (Lipinski definition) is 1. The van der Waals surface area contributed by atoms with Gasteiger partial charge in [0.25, 0.3) is 10.2 Å². The van der Waals surface area contributed by atoms with E-state index < -0.39 is 28.9 Å². The van der Waals surface area contributed by atoms with Crippen molar-refractivity contribution in [2.75, 3.05) is 13.2 Å². The van der Waals surface area contributed by atoms with Gasteiger partial charge in [-0.2, -0.15) is 5.21 Å². The molecule has 44 heavy (non-hydrogen) atoms. The standard InChI is InChI=1S/C27H29ClN8O8/c1-2-3-10-23-29-25(28)24(27(37)42-15-6-7-20(44-36(40)41)17-43-35(38)39)34(23)16-18-11-13-19(14-12-18)21-8-4-5-9-22(21)26-30-32-33-31-26/h4-5,8-9,11-14,20H,2-3,6-7,10,15-17H2,1H3,(H,30,31,32,33)/t20-/m0/s1. The van der Waals surface area contributed by atoms with Gasteiger partial charge < -0.3 is 19.0 Å². The number of hydrogen-bond acceptors (Lipinski definition) is 12. The Morgan fingerprint density at radius 2 is 1.82 bits per heavy atom. The maximum absolute atomic E-state index is 13.1. The Bertz CT molecular complexity index is 1560. The number of tetrazole rings is 1. The average Bonchev–Trinajstić information content (AvgIpc) is 3.65. The highest BCUT2D eigenvalue weighted by atomic mass is 35.5. The summed E-state index contributed by atoms with van der Waals surface area (Å²) in [5.74, 6) is 0.392. The molecule has 0 saturated carbocycles. The summed E-state index contributed by atoms with van der Waals surface area (Å²) in [5.41, 5.74) is 3.65. The molecule has 16 nitrogen and oxygen atoms in total. The summed E-state index contributed by atoms with van der Waals surface area (Å²) in [6.07, 6.45) is 1.22. The third kappa shape index (κ3) is 8.47. The van der Waals surface area contributed by atoms with E-state index in [4.69, 9.17) is 16.3 Å². The van der Waals surface area contributed by atoms with Crippen molar-refractivity contribution in [3.63, 3.8) is 0 Å². The van der Waals surface area contributed by atoms with Crippen LogP contribution in [0.5, 0.6) is 0 Å². The molecule has 4 rings (SSSR count). The van der Waals surface area contributed by atoms with Gasteiger partial charge in [-0.1, -0.05) is 73.5 Å². The van der Waals surface area contributed by atoms with Gasteiger partial charge >= 0.3 is 5.97 Å². The molecule has 0 aliphatic heterocycles. The molecule has 0 spiro atoms. The molecule has 0 amide bonds. The lowest BCUT2D eigenvalue weighted by Crippen LogP contribution is -2.25. The number of aryl methyl sites for hydroxylation is 1. The molecule has 1 N–H and O–H groups in total. The van der Waals surface area contributed by atoms with E-state index in [1.807, 2.05) is 55.5 Å². The topological polar surface area (TPSA) is 203 Å². The highest BCUT2D eigenvalue weighted by molar-refractivity contribution is 6.32. The van der Waals surface area contributed by atoms with E-state index in [0.29, 0.717) is 24.6 Å². The van der Waals surface area contributed by atoms with Crippen molar-refractivity contribution in [1.29, 1.82) is 0 Å². The maximum Gasteiger partial charge on any atom is 0.358 e. The monoisotopic (exact) mass is 628 g/mol. The second-order valence-corrected chi connectivity index (χ2v) is 9.94. The van der Waals surface area contributed by atoms with Crippen LogP contribution in [0, 0.1) is 20.2 Å². The van der Waals surface area contributed by atoms with E-state index >= 15 is 0 Å². The summed E-state index contributed by atoms with van der Waals surface area (Å²) in [4.78, 5) is 47.3. The zero-order valence-corrected chi connectivity index (χ0v) is 24.4. The number of benzene rings is 2. The number of unbranched alkanes of at least 4 members (excludes halogenated alkanes) is 1. The van der Waals surface area contributed by atoms with Gasteiger partial charge in [-0.25, -0.2) is 9.78 Å². The van der Waals surface area contributed by atoms with Crippen LogP contribution in [0.25, 0.3) is 22.5 Å². The van der Waals surface area contributed by atoms with Crippen LogP contribution in [0.3, 0.4) is 0 Å². The molecule has 2 aromatic heterocycles. The van der Waals surface area contributed by atoms with Crippen LogP contribution < -0.4 is 0 Å². The van der Waals surface area contributed by atoms with Crippen LogP contribution >= 0.6 is 11.6 Å². The fourth-order valence-corrected chi connectivity index (χ4v) is 4.79. The molecule has 0 bridgehead atoms. The van der Waals surface area contributed by atoms with E-state index in [-0.39, 0.29) is 30.3 Å². The summed E-state index contributed by atoms with van der Waals surface area (Å²) < 4.78 is 7.14. The molecule has 0 saturated heterocycles. The fourth-order valence-electron chi connectivity index (χ4n) is 4.51. The number of aromatic amines is 1. The molecule has 0 aliphatic carbocycles. The Hall–Kier alpha value is -5.12. The quantitative estimate of drug-likeness (QED) is 0.0743. The molecular weight excluding hydrogens is 600 g/mol. The Morgan fingerprint density at radius 1 is 1.07 bits per heavy atom. The van der Waals surface area contributed by atoms with Crippen LogP contribution in [0.4, 0.5) is 0 Å². The average molecular weight is 629 g/mol. The highest BCUT2D eigenvalue weighted by Gasteiger charge is 2.24. The van der Waals surface area contributed by atoms with Gasteiger partial charge in [-0.15, -0.1) is 30.4 Å². The van der Waals surface area contributed by atoms with Gasteiger partial charge in [0.2, 0.25) is 5.82 Å². The minimum atomic E-state index is -1.20. The fraction of sp³-hybridized carbons (Fsp3) is 0.370. The normalized spacial score (nSPS) is 11.6. The molecule has 4 aromatic rings. The molecule has 0 aliphatic rings. The Balaban J connectivity index is 1.48. The maximum atomic E-state index is 13.1. The van der Waals surface area contributed by atoms with Crippen molar-refractivity contribution in [3.8, 4) is 22.5 Å². The van der Waals surface area contributed by atoms with Gasteiger partial charge in [0.05, 0.1) is 6.61 Å². The SMILES string of the molecule is CCCCc1nc(Cl)c(C(=O)OCCC[C@@H](CO[N+](=O)[O-])O[N+](=O)[O-])n1Cc1ccc(-c2ccccc2-c2nn[nH]n2)cc1. The number of rotatable bonds is 17. The Kier molecular flexibility index (Phi) is 11.1. The number of ether oxygens (including phenoxy) is 1. The number of carbonyl (C=O) groups is 1. The lowest BCUT2D eigenvalue weighted by atomic mass is 9.98. The molecule has 0 unspecified atom stereocenters. The van der Waals surface area contributed by atoms with Gasteiger partial charge in [0.1, 0.15) is 18.5 Å². The van der Waals surface area contributed by atoms with E-state index in [9.17, 15) is 25.0 Å². The van der Waals surface area contributed by atoms with Crippen LogP contribution in [0.2, 0.25) is 5.15 Å². The van der Waals surface area contributed by atoms with E-state index in [1.54, 1.807) is 4.57 Å². The van der Waals surface area contributed by atoms with Crippen LogP contribution in [0.1, 0.15) is 54.5 Å². The zero-order chi connectivity index (χ0) is 31.5. The smallest absolute Gasteiger partial charge is 0.358 e. The molecule has 17 heteroatoms. The first-order valence-electron chi connectivity index (χ1n) is 13.7. The summed E-state index contributed by atoms with van der Waals surface area (Å²) in [5, 5.41) is 33.3. The summed E-state index contributed by atoms with van der Waals surface area (Å²) >= 11 is 6.43. The molecule has 2 aromatic carbocycles. The van der Waals surface area contributed by atoms with E-state index in [2.05, 4.69) is 35.3 Å². The number of nitrogens with one attached hydrogen (secondary N) is 1. The molecule has 0 fully saturated rings. The molecule has 232 valence electrons. The minimum absolute atomic E-state index is 0.000655. The van der Waals surface area contributed by atoms with Crippen molar-refractivity contribution < 1.29 is 29.4 Å². The van der Waals surface area contributed by atoms with Crippen molar-refractivity contribution >= 4 is 17.6 Å².